The molecule has 7 nitrogen and oxygen atoms in total. The summed E-state index contributed by atoms with van der Waals surface area (Å²) >= 11 is 0. The second-order valence-corrected chi connectivity index (χ2v) is 6.09. The number of β-amino-alcohol motifs (C(OH)–C–C–N with tert-alkyl or cyclic N) is 1. The number of carbonyl (C=O) groups is 2. The van der Waals surface area contributed by atoms with Crippen LogP contribution in [0.4, 0.5) is 0 Å². The second kappa shape index (κ2) is 5.72. The van der Waals surface area contributed by atoms with Crippen molar-refractivity contribution in [2.24, 2.45) is 0 Å². The number of piperidine rings is 1. The number of imidazole rings is 1. The molecule has 120 valence electrons. The Morgan fingerprint density at radius 3 is 2.77 bits per heavy atom. The van der Waals surface area contributed by atoms with Gasteiger partial charge in [0.1, 0.15) is 11.2 Å². The molecule has 1 unspecified atom stereocenters. The maximum absolute atomic E-state index is 12.9. The van der Waals surface area contributed by atoms with Gasteiger partial charge in [-0.2, -0.15) is 0 Å². The van der Waals surface area contributed by atoms with Crippen molar-refractivity contribution in [2.75, 3.05) is 26.2 Å². The van der Waals surface area contributed by atoms with Crippen molar-refractivity contribution in [1.82, 2.24) is 19.8 Å². The third-order valence-corrected chi connectivity index (χ3v) is 4.84. The van der Waals surface area contributed by atoms with Crippen LogP contribution in [0, 0.1) is 6.92 Å². The first-order valence-corrected chi connectivity index (χ1v) is 7.82. The quantitative estimate of drug-likeness (QED) is 0.841. The van der Waals surface area contributed by atoms with Crippen LogP contribution >= 0.6 is 0 Å². The number of hydrogen-bond donors (Lipinski definition) is 2. The average molecular weight is 306 g/mol. The summed E-state index contributed by atoms with van der Waals surface area (Å²) in [7, 11) is 0. The lowest BCUT2D eigenvalue weighted by Crippen LogP contribution is -2.61. The number of aliphatic hydroxyl groups excluding tert-OH is 1. The molecule has 3 rings (SSSR count). The Kier molecular flexibility index (Phi) is 3.90. The highest BCUT2D eigenvalue weighted by atomic mass is 16.3. The molecule has 7 heteroatoms. The number of hydrogen-bond acceptors (Lipinski definition) is 4. The van der Waals surface area contributed by atoms with E-state index < -0.39 is 5.54 Å². The van der Waals surface area contributed by atoms with Crippen molar-refractivity contribution in [3.8, 4) is 0 Å². The standard InChI is InChI=1S/C15H22N4O3/c1-11-12(17-10-16-11)13(21)19-7-3-5-15(19)4-2-6-18(8-9-20)14(15)22/h10,20H,2-9H2,1H3,(H,16,17). The topological polar surface area (TPSA) is 89.5 Å². The number of aromatic amines is 1. The number of aromatic nitrogens is 2. The highest BCUT2D eigenvalue weighted by Crippen LogP contribution is 2.39. The Hall–Kier alpha value is -1.89. The van der Waals surface area contributed by atoms with Crippen LogP contribution in [-0.2, 0) is 4.79 Å². The number of aliphatic hydroxyl groups is 1. The molecule has 0 bridgehead atoms. The van der Waals surface area contributed by atoms with Gasteiger partial charge in [0.05, 0.1) is 12.9 Å². The minimum absolute atomic E-state index is 0.0214. The molecule has 2 saturated heterocycles. The number of likely N-dealkylation sites (tertiary alicyclic amines) is 2. The lowest BCUT2D eigenvalue weighted by atomic mass is 9.85. The molecule has 0 aliphatic carbocycles. The van der Waals surface area contributed by atoms with Crippen molar-refractivity contribution in [2.45, 2.75) is 38.1 Å². The van der Waals surface area contributed by atoms with Gasteiger partial charge in [0.15, 0.2) is 0 Å². The monoisotopic (exact) mass is 306 g/mol. The lowest BCUT2D eigenvalue weighted by Gasteiger charge is -2.44. The van der Waals surface area contributed by atoms with Gasteiger partial charge in [-0.15, -0.1) is 0 Å². The molecule has 1 atom stereocenters. The van der Waals surface area contributed by atoms with E-state index in [4.69, 9.17) is 5.11 Å². The fourth-order valence-electron chi connectivity index (χ4n) is 3.76. The van der Waals surface area contributed by atoms with Crippen LogP contribution in [0.5, 0.6) is 0 Å². The van der Waals surface area contributed by atoms with Gasteiger partial charge < -0.3 is 19.9 Å². The Morgan fingerprint density at radius 1 is 1.41 bits per heavy atom. The van der Waals surface area contributed by atoms with Gasteiger partial charge in [0, 0.05) is 25.3 Å². The van der Waals surface area contributed by atoms with Crippen molar-refractivity contribution >= 4 is 11.8 Å². The lowest BCUT2D eigenvalue weighted by molar-refractivity contribution is -0.146. The Labute approximate surface area is 129 Å². The minimum atomic E-state index is -0.740. The van der Waals surface area contributed by atoms with E-state index in [9.17, 15) is 9.59 Å². The van der Waals surface area contributed by atoms with Gasteiger partial charge in [-0.1, -0.05) is 0 Å². The molecule has 0 saturated carbocycles. The largest absolute Gasteiger partial charge is 0.395 e. The first kappa shape index (κ1) is 15.0. The number of H-pyrrole nitrogens is 1. The highest BCUT2D eigenvalue weighted by Gasteiger charge is 2.53. The molecule has 2 aliphatic heterocycles. The van der Waals surface area contributed by atoms with E-state index in [1.165, 1.54) is 6.33 Å². The molecule has 1 aromatic heterocycles. The SMILES string of the molecule is Cc1[nH]cnc1C(=O)N1CCCC12CCCN(CCO)C2=O. The van der Waals surface area contributed by atoms with E-state index in [0.29, 0.717) is 38.2 Å². The van der Waals surface area contributed by atoms with Gasteiger partial charge in [-0.25, -0.2) is 4.98 Å². The molecule has 22 heavy (non-hydrogen) atoms. The number of aryl methyl sites for hydroxylation is 1. The van der Waals surface area contributed by atoms with E-state index in [1.54, 1.807) is 9.80 Å². The molecule has 1 spiro atoms. The molecule has 2 fully saturated rings. The van der Waals surface area contributed by atoms with Crippen LogP contribution in [0.1, 0.15) is 41.9 Å². The summed E-state index contributed by atoms with van der Waals surface area (Å²) in [6.07, 6.45) is 4.58. The fraction of sp³-hybridized carbons (Fsp3) is 0.667. The summed E-state index contributed by atoms with van der Waals surface area (Å²) in [5, 5.41) is 9.14. The maximum atomic E-state index is 12.9. The Balaban J connectivity index is 1.90. The van der Waals surface area contributed by atoms with Gasteiger partial charge in [0.2, 0.25) is 5.91 Å². The molecule has 0 aromatic carbocycles. The van der Waals surface area contributed by atoms with Gasteiger partial charge in [0.25, 0.3) is 5.91 Å². The fourth-order valence-corrected chi connectivity index (χ4v) is 3.76. The number of rotatable bonds is 3. The predicted molar refractivity (Wildman–Crippen MR) is 79.2 cm³/mol. The molecule has 2 amide bonds. The van der Waals surface area contributed by atoms with Crippen LogP contribution in [0.25, 0.3) is 0 Å². The molecule has 1 aromatic rings. The van der Waals surface area contributed by atoms with Gasteiger partial charge in [-0.3, -0.25) is 9.59 Å². The van der Waals surface area contributed by atoms with Crippen molar-refractivity contribution < 1.29 is 14.7 Å². The number of carbonyl (C=O) groups excluding carboxylic acids is 2. The summed E-state index contributed by atoms with van der Waals surface area (Å²) in [5.74, 6) is -0.192. The zero-order valence-corrected chi connectivity index (χ0v) is 12.8. The van der Waals surface area contributed by atoms with E-state index in [0.717, 1.165) is 18.5 Å². The number of amides is 2. The van der Waals surface area contributed by atoms with E-state index >= 15 is 0 Å². The van der Waals surface area contributed by atoms with Crippen molar-refractivity contribution in [3.63, 3.8) is 0 Å². The minimum Gasteiger partial charge on any atom is -0.395 e. The summed E-state index contributed by atoms with van der Waals surface area (Å²) < 4.78 is 0. The van der Waals surface area contributed by atoms with E-state index in [2.05, 4.69) is 9.97 Å². The zero-order valence-electron chi connectivity index (χ0n) is 12.8. The van der Waals surface area contributed by atoms with E-state index in [-0.39, 0.29) is 18.4 Å². The van der Waals surface area contributed by atoms with Crippen LogP contribution in [-0.4, -0.2) is 68.5 Å². The molecular formula is C15H22N4O3. The smallest absolute Gasteiger partial charge is 0.275 e. The molecule has 3 heterocycles. The predicted octanol–water partition coefficient (Wildman–Crippen LogP) is 0.308. The normalized spacial score (nSPS) is 25.3. The van der Waals surface area contributed by atoms with Crippen LogP contribution in [0.15, 0.2) is 6.33 Å². The third kappa shape index (κ3) is 2.20. The summed E-state index contributed by atoms with van der Waals surface area (Å²) in [6, 6.07) is 0. The van der Waals surface area contributed by atoms with Gasteiger partial charge in [-0.05, 0) is 32.6 Å². The molecular weight excluding hydrogens is 284 g/mol. The second-order valence-electron chi connectivity index (χ2n) is 6.09. The molecule has 0 radical (unpaired) electrons. The Morgan fingerprint density at radius 2 is 2.14 bits per heavy atom. The van der Waals surface area contributed by atoms with Crippen LogP contribution in [0.2, 0.25) is 0 Å². The average Bonchev–Trinajstić information content (AvgIpc) is 3.11. The summed E-state index contributed by atoms with van der Waals surface area (Å²) in [6.45, 7) is 3.34. The molecule has 2 aliphatic rings. The van der Waals surface area contributed by atoms with E-state index in [1.807, 2.05) is 6.92 Å². The number of nitrogens with zero attached hydrogens (tertiary/aromatic N) is 3. The Bertz CT molecular complexity index is 583. The first-order valence-electron chi connectivity index (χ1n) is 7.82. The highest BCUT2D eigenvalue weighted by molar-refractivity contribution is 5.99. The number of nitrogens with one attached hydrogen (secondary N) is 1. The third-order valence-electron chi connectivity index (χ3n) is 4.84. The van der Waals surface area contributed by atoms with Gasteiger partial charge >= 0.3 is 0 Å². The van der Waals surface area contributed by atoms with Crippen LogP contribution < -0.4 is 0 Å². The first-order chi connectivity index (χ1) is 10.6. The van der Waals surface area contributed by atoms with Crippen molar-refractivity contribution in [1.29, 1.82) is 0 Å². The zero-order chi connectivity index (χ0) is 15.7. The van der Waals surface area contributed by atoms with Crippen molar-refractivity contribution in [3.05, 3.63) is 17.7 Å². The summed E-state index contributed by atoms with van der Waals surface area (Å²) in [5.41, 5.74) is 0.381. The molecule has 2 N–H and O–H groups in total. The van der Waals surface area contributed by atoms with Crippen LogP contribution in [0.3, 0.4) is 0 Å². The maximum Gasteiger partial charge on any atom is 0.275 e. The summed E-state index contributed by atoms with van der Waals surface area (Å²) in [4.78, 5) is 36.2.